The summed E-state index contributed by atoms with van der Waals surface area (Å²) < 4.78 is 40.8. The highest BCUT2D eigenvalue weighted by molar-refractivity contribution is 7.98. The van der Waals surface area contributed by atoms with Crippen LogP contribution in [0.1, 0.15) is 15.9 Å². The van der Waals surface area contributed by atoms with E-state index in [0.717, 1.165) is 16.7 Å². The van der Waals surface area contributed by atoms with E-state index in [2.05, 4.69) is 11.4 Å². The number of thioether (sulfide) groups is 1. The van der Waals surface area contributed by atoms with Crippen LogP contribution in [0, 0.1) is 5.82 Å². The molecular formula is C22H21FN2O3S3. The Morgan fingerprint density at radius 2 is 1.71 bits per heavy atom. The zero-order valence-corrected chi connectivity index (χ0v) is 19.1. The largest absolute Gasteiger partial charge is 0.336 e. The molecule has 0 aliphatic carbocycles. The Morgan fingerprint density at radius 1 is 1.00 bits per heavy atom. The molecule has 1 aliphatic rings. The van der Waals surface area contributed by atoms with E-state index < -0.39 is 15.8 Å². The van der Waals surface area contributed by atoms with Crippen LogP contribution in [0.15, 0.2) is 75.1 Å². The minimum atomic E-state index is -3.93. The number of hydrogen-bond donors (Lipinski definition) is 0. The van der Waals surface area contributed by atoms with Crippen molar-refractivity contribution in [2.45, 2.75) is 15.5 Å². The lowest BCUT2D eigenvalue weighted by atomic mass is 10.2. The molecule has 0 saturated carbocycles. The summed E-state index contributed by atoms with van der Waals surface area (Å²) in [5, 5.41) is 4.12. The number of sulfonamides is 1. The molecule has 1 fully saturated rings. The number of rotatable bonds is 6. The molecule has 2 aromatic carbocycles. The van der Waals surface area contributed by atoms with Crippen molar-refractivity contribution in [3.63, 3.8) is 0 Å². The third-order valence-electron chi connectivity index (χ3n) is 5.07. The van der Waals surface area contributed by atoms with Crippen molar-refractivity contribution in [2.75, 3.05) is 26.2 Å². The number of hydrogen-bond acceptors (Lipinski definition) is 5. The maximum atomic E-state index is 14.0. The van der Waals surface area contributed by atoms with E-state index in [-0.39, 0.29) is 37.0 Å². The highest BCUT2D eigenvalue weighted by Crippen LogP contribution is 2.28. The first-order valence-corrected chi connectivity index (χ1v) is 13.1. The molecule has 0 spiro atoms. The first-order chi connectivity index (χ1) is 15.0. The summed E-state index contributed by atoms with van der Waals surface area (Å²) in [7, 11) is -3.93. The van der Waals surface area contributed by atoms with Gasteiger partial charge < -0.3 is 4.90 Å². The van der Waals surface area contributed by atoms with E-state index in [0.29, 0.717) is 5.56 Å². The van der Waals surface area contributed by atoms with Crippen LogP contribution >= 0.6 is 23.1 Å². The fourth-order valence-corrected chi connectivity index (χ4v) is 6.65. The third kappa shape index (κ3) is 4.85. The third-order valence-corrected chi connectivity index (χ3v) is 8.88. The fourth-order valence-electron chi connectivity index (χ4n) is 3.40. The van der Waals surface area contributed by atoms with E-state index in [4.69, 9.17) is 0 Å². The van der Waals surface area contributed by atoms with Gasteiger partial charge in [-0.1, -0.05) is 24.3 Å². The second-order valence-electron chi connectivity index (χ2n) is 7.04. The lowest BCUT2D eigenvalue weighted by molar-refractivity contribution is 0.0694. The number of carbonyl (C=O) groups excluding carboxylic acids is 1. The van der Waals surface area contributed by atoms with Gasteiger partial charge in [-0.3, -0.25) is 4.79 Å². The topological polar surface area (TPSA) is 57.7 Å². The number of carbonyl (C=O) groups is 1. The molecule has 3 aromatic rings. The minimum Gasteiger partial charge on any atom is -0.336 e. The van der Waals surface area contributed by atoms with E-state index in [1.807, 2.05) is 23.6 Å². The Labute approximate surface area is 189 Å². The molecule has 0 unspecified atom stereocenters. The van der Waals surface area contributed by atoms with Gasteiger partial charge in [-0.2, -0.15) is 15.6 Å². The smallest absolute Gasteiger partial charge is 0.255 e. The first kappa shape index (κ1) is 22.0. The van der Waals surface area contributed by atoms with Crippen LogP contribution in [-0.4, -0.2) is 49.7 Å². The van der Waals surface area contributed by atoms with Crippen LogP contribution in [0.25, 0.3) is 0 Å². The molecule has 1 aliphatic heterocycles. The molecule has 0 N–H and O–H groups in total. The average Bonchev–Trinajstić information content (AvgIpc) is 3.31. The minimum absolute atomic E-state index is 0.114. The lowest BCUT2D eigenvalue weighted by Gasteiger charge is -2.34. The summed E-state index contributed by atoms with van der Waals surface area (Å²) in [5.74, 6) is -0.100. The maximum Gasteiger partial charge on any atom is 0.255 e. The molecule has 2 heterocycles. The van der Waals surface area contributed by atoms with Crippen LogP contribution in [0.2, 0.25) is 0 Å². The summed E-state index contributed by atoms with van der Waals surface area (Å²) in [5.41, 5.74) is 1.83. The SMILES string of the molecule is O=C(c1ccccc1SCc1ccsc1)N1CCN(S(=O)(=O)c2ccccc2F)CC1. The Morgan fingerprint density at radius 3 is 2.42 bits per heavy atom. The molecule has 5 nitrogen and oxygen atoms in total. The summed E-state index contributed by atoms with van der Waals surface area (Å²) in [6.45, 7) is 0.783. The molecule has 31 heavy (non-hydrogen) atoms. The van der Waals surface area contributed by atoms with Crippen LogP contribution in [0.3, 0.4) is 0 Å². The quantitative estimate of drug-likeness (QED) is 0.497. The zero-order valence-electron chi connectivity index (χ0n) is 16.6. The van der Waals surface area contributed by atoms with Gasteiger partial charge in [-0.15, -0.1) is 11.8 Å². The Balaban J connectivity index is 1.44. The van der Waals surface area contributed by atoms with Gasteiger partial charge in [-0.25, -0.2) is 12.8 Å². The monoisotopic (exact) mass is 476 g/mol. The van der Waals surface area contributed by atoms with Crippen LogP contribution in [0.4, 0.5) is 4.39 Å². The first-order valence-electron chi connectivity index (χ1n) is 9.73. The van der Waals surface area contributed by atoms with Crippen LogP contribution < -0.4 is 0 Å². The van der Waals surface area contributed by atoms with Gasteiger partial charge in [0, 0.05) is 36.8 Å². The van der Waals surface area contributed by atoms with Gasteiger partial charge in [0.1, 0.15) is 10.7 Å². The van der Waals surface area contributed by atoms with Crippen molar-refractivity contribution >= 4 is 39.0 Å². The molecule has 1 aromatic heterocycles. The summed E-state index contributed by atoms with van der Waals surface area (Å²) >= 11 is 3.26. The van der Waals surface area contributed by atoms with E-state index in [1.165, 1.54) is 28.1 Å². The number of thiophene rings is 1. The fraction of sp³-hybridized carbons (Fsp3) is 0.227. The summed E-state index contributed by atoms with van der Waals surface area (Å²) in [6.07, 6.45) is 0. The zero-order chi connectivity index (χ0) is 21.8. The Bertz CT molecular complexity index is 1160. The maximum absolute atomic E-state index is 14.0. The number of piperazine rings is 1. The summed E-state index contributed by atoms with van der Waals surface area (Å²) in [4.78, 5) is 15.4. The second-order valence-corrected chi connectivity index (χ2v) is 10.7. The van der Waals surface area contributed by atoms with Gasteiger partial charge in [0.2, 0.25) is 10.0 Å². The second kappa shape index (κ2) is 9.52. The predicted octanol–water partition coefficient (Wildman–Crippen LogP) is 4.33. The average molecular weight is 477 g/mol. The number of benzene rings is 2. The van der Waals surface area contributed by atoms with Gasteiger partial charge in [0.25, 0.3) is 5.91 Å². The molecule has 9 heteroatoms. The molecule has 4 rings (SSSR count). The molecular weight excluding hydrogens is 455 g/mol. The van der Waals surface area contributed by atoms with Crippen LogP contribution in [0.5, 0.6) is 0 Å². The highest BCUT2D eigenvalue weighted by Gasteiger charge is 2.32. The van der Waals surface area contributed by atoms with Gasteiger partial charge in [0.15, 0.2) is 0 Å². The molecule has 0 radical (unpaired) electrons. The van der Waals surface area contributed by atoms with Gasteiger partial charge >= 0.3 is 0 Å². The normalized spacial score (nSPS) is 15.2. The van der Waals surface area contributed by atoms with E-state index >= 15 is 0 Å². The molecule has 0 atom stereocenters. The van der Waals surface area contributed by atoms with Crippen molar-refractivity contribution in [3.05, 3.63) is 82.3 Å². The lowest BCUT2D eigenvalue weighted by Crippen LogP contribution is -2.50. The van der Waals surface area contributed by atoms with Crippen molar-refractivity contribution in [1.82, 2.24) is 9.21 Å². The van der Waals surface area contributed by atoms with Crippen molar-refractivity contribution in [3.8, 4) is 0 Å². The van der Waals surface area contributed by atoms with Crippen LogP contribution in [-0.2, 0) is 15.8 Å². The number of amides is 1. The predicted molar refractivity (Wildman–Crippen MR) is 121 cm³/mol. The van der Waals surface area contributed by atoms with Crippen molar-refractivity contribution in [2.24, 2.45) is 0 Å². The van der Waals surface area contributed by atoms with Crippen molar-refractivity contribution in [1.29, 1.82) is 0 Å². The standard InChI is InChI=1S/C22H21FN2O3S3/c23-19-6-2-4-8-21(19)31(27,28)25-12-10-24(11-13-25)22(26)18-5-1-3-7-20(18)30-16-17-9-14-29-15-17/h1-9,14-15H,10-13,16H2. The molecule has 162 valence electrons. The van der Waals surface area contributed by atoms with Gasteiger partial charge in [0.05, 0.1) is 5.56 Å². The van der Waals surface area contributed by atoms with E-state index in [9.17, 15) is 17.6 Å². The Hall–Kier alpha value is -2.20. The summed E-state index contributed by atoms with van der Waals surface area (Å²) in [6, 6.07) is 14.9. The van der Waals surface area contributed by atoms with Gasteiger partial charge in [-0.05, 0) is 46.7 Å². The highest BCUT2D eigenvalue weighted by atomic mass is 32.2. The number of nitrogens with zero attached hydrogens (tertiary/aromatic N) is 2. The number of halogens is 1. The molecule has 0 bridgehead atoms. The Kier molecular flexibility index (Phi) is 6.76. The molecule has 1 amide bonds. The van der Waals surface area contributed by atoms with E-state index in [1.54, 1.807) is 34.1 Å². The van der Waals surface area contributed by atoms with Crippen molar-refractivity contribution < 1.29 is 17.6 Å². The molecule has 1 saturated heterocycles.